The summed E-state index contributed by atoms with van der Waals surface area (Å²) >= 11 is 0. The van der Waals surface area contributed by atoms with E-state index < -0.39 is 0 Å². The third-order valence-electron chi connectivity index (χ3n) is 2.75. The maximum Gasteiger partial charge on any atom is -0.0146 e. The van der Waals surface area contributed by atoms with E-state index in [-0.39, 0.29) is 0 Å². The van der Waals surface area contributed by atoms with Crippen LogP contribution in [0, 0.1) is 0 Å². The largest absolute Gasteiger partial charge is 0.0985 e. The van der Waals surface area contributed by atoms with Crippen molar-refractivity contribution >= 4 is 16.8 Å². The lowest BCUT2D eigenvalue weighted by Gasteiger charge is -2.06. The van der Waals surface area contributed by atoms with E-state index in [4.69, 9.17) is 0 Å². The van der Waals surface area contributed by atoms with Crippen molar-refractivity contribution in [1.82, 2.24) is 0 Å². The number of benzene rings is 2. The van der Waals surface area contributed by atoms with Crippen molar-refractivity contribution in [3.05, 3.63) is 54.1 Å². The number of aryl methyl sites for hydroxylation is 1. The van der Waals surface area contributed by atoms with Gasteiger partial charge in [0.2, 0.25) is 0 Å². The summed E-state index contributed by atoms with van der Waals surface area (Å²) in [6.45, 7) is 6.03. The first kappa shape index (κ1) is 9.97. The summed E-state index contributed by atoms with van der Waals surface area (Å²) in [5.41, 5.74) is 2.64. The molecule has 0 spiro atoms. The van der Waals surface area contributed by atoms with Gasteiger partial charge in [-0.2, -0.15) is 0 Å². The third kappa shape index (κ3) is 1.94. The Morgan fingerprint density at radius 3 is 2.80 bits per heavy atom. The van der Waals surface area contributed by atoms with Gasteiger partial charge in [0.05, 0.1) is 0 Å². The Kier molecular flexibility index (Phi) is 2.86. The topological polar surface area (TPSA) is 0 Å². The highest BCUT2D eigenvalue weighted by Crippen LogP contribution is 2.22. The Morgan fingerprint density at radius 1 is 1.20 bits per heavy atom. The molecule has 0 saturated carbocycles. The normalized spacial score (nSPS) is 10.5. The molecule has 0 radical (unpaired) electrons. The summed E-state index contributed by atoms with van der Waals surface area (Å²) in [6, 6.07) is 13.0. The lowest BCUT2D eigenvalue weighted by atomic mass is 9.99. The molecular formula is C15H16. The summed E-state index contributed by atoms with van der Waals surface area (Å²) in [5, 5.41) is 2.70. The van der Waals surface area contributed by atoms with Gasteiger partial charge in [-0.1, -0.05) is 56.3 Å². The number of hydrogen-bond acceptors (Lipinski definition) is 0. The van der Waals surface area contributed by atoms with E-state index in [1.807, 2.05) is 6.08 Å². The van der Waals surface area contributed by atoms with Crippen LogP contribution < -0.4 is 0 Å². The number of rotatable bonds is 3. The molecule has 0 saturated heterocycles. The molecule has 0 aliphatic heterocycles. The minimum atomic E-state index is 1.15. The lowest BCUT2D eigenvalue weighted by Crippen LogP contribution is -1.86. The van der Waals surface area contributed by atoms with Crippen LogP contribution in [0.5, 0.6) is 0 Å². The van der Waals surface area contributed by atoms with E-state index in [1.165, 1.54) is 28.3 Å². The summed E-state index contributed by atoms with van der Waals surface area (Å²) < 4.78 is 0. The second-order valence-electron chi connectivity index (χ2n) is 3.85. The minimum Gasteiger partial charge on any atom is -0.0985 e. The summed E-state index contributed by atoms with van der Waals surface area (Å²) in [5.74, 6) is 0. The van der Waals surface area contributed by atoms with Crippen molar-refractivity contribution in [2.24, 2.45) is 0 Å². The predicted molar refractivity (Wildman–Crippen MR) is 68.0 cm³/mol. The Hall–Kier alpha value is -1.56. The molecular weight excluding hydrogens is 180 g/mol. The minimum absolute atomic E-state index is 1.15. The summed E-state index contributed by atoms with van der Waals surface area (Å²) in [4.78, 5) is 0. The van der Waals surface area contributed by atoms with Crippen molar-refractivity contribution in [1.29, 1.82) is 0 Å². The molecule has 0 aromatic heterocycles. The van der Waals surface area contributed by atoms with Gasteiger partial charge in [0.25, 0.3) is 0 Å². The first-order valence-corrected chi connectivity index (χ1v) is 5.49. The van der Waals surface area contributed by atoms with Gasteiger partial charge in [-0.3, -0.25) is 0 Å². The van der Waals surface area contributed by atoms with E-state index in [0.717, 1.165) is 6.42 Å². The molecule has 0 nitrogen and oxygen atoms in total. The average molecular weight is 196 g/mol. The Labute approximate surface area is 91.2 Å². The standard InChI is InChI=1S/C15H16/c1-3-6-13-7-5-8-14-10-9-12(4-2)11-15(13)14/h4-5,7-11H,2-3,6H2,1H3. The zero-order chi connectivity index (χ0) is 10.7. The van der Waals surface area contributed by atoms with Gasteiger partial charge >= 0.3 is 0 Å². The molecule has 0 heterocycles. The molecule has 15 heavy (non-hydrogen) atoms. The fourth-order valence-electron chi connectivity index (χ4n) is 1.97. The quantitative estimate of drug-likeness (QED) is 0.681. The van der Waals surface area contributed by atoms with E-state index in [1.54, 1.807) is 0 Å². The maximum absolute atomic E-state index is 3.81. The molecule has 2 aromatic rings. The van der Waals surface area contributed by atoms with Crippen LogP contribution >= 0.6 is 0 Å². The molecule has 2 rings (SSSR count). The Morgan fingerprint density at radius 2 is 2.07 bits per heavy atom. The van der Waals surface area contributed by atoms with Crippen LogP contribution in [-0.4, -0.2) is 0 Å². The summed E-state index contributed by atoms with van der Waals surface area (Å²) in [6.07, 6.45) is 4.25. The average Bonchev–Trinajstić information content (AvgIpc) is 2.29. The van der Waals surface area contributed by atoms with Crippen molar-refractivity contribution in [3.63, 3.8) is 0 Å². The highest BCUT2D eigenvalue weighted by atomic mass is 14.0. The summed E-state index contributed by atoms with van der Waals surface area (Å²) in [7, 11) is 0. The first-order chi connectivity index (χ1) is 7.35. The lowest BCUT2D eigenvalue weighted by molar-refractivity contribution is 0.929. The predicted octanol–water partition coefficient (Wildman–Crippen LogP) is 4.44. The van der Waals surface area contributed by atoms with E-state index in [9.17, 15) is 0 Å². The van der Waals surface area contributed by atoms with Crippen molar-refractivity contribution in [2.75, 3.05) is 0 Å². The number of fused-ring (bicyclic) bond motifs is 1. The first-order valence-electron chi connectivity index (χ1n) is 5.49. The van der Waals surface area contributed by atoms with Gasteiger partial charge in [-0.25, -0.2) is 0 Å². The van der Waals surface area contributed by atoms with Gasteiger partial charge in [-0.05, 0) is 34.4 Å². The zero-order valence-corrected chi connectivity index (χ0v) is 9.16. The fraction of sp³-hybridized carbons (Fsp3) is 0.200. The van der Waals surface area contributed by atoms with Gasteiger partial charge in [0.1, 0.15) is 0 Å². The van der Waals surface area contributed by atoms with E-state index >= 15 is 0 Å². The second-order valence-corrected chi connectivity index (χ2v) is 3.85. The van der Waals surface area contributed by atoms with E-state index in [2.05, 4.69) is 49.9 Å². The van der Waals surface area contributed by atoms with Gasteiger partial charge < -0.3 is 0 Å². The van der Waals surface area contributed by atoms with Crippen LogP contribution in [0.4, 0.5) is 0 Å². The molecule has 0 bridgehead atoms. The monoisotopic (exact) mass is 196 g/mol. The Bertz CT molecular complexity index is 480. The van der Waals surface area contributed by atoms with Crippen LogP contribution in [0.1, 0.15) is 24.5 Å². The highest BCUT2D eigenvalue weighted by Gasteiger charge is 1.99. The van der Waals surface area contributed by atoms with E-state index in [0.29, 0.717) is 0 Å². The second kappa shape index (κ2) is 4.31. The van der Waals surface area contributed by atoms with Crippen LogP contribution in [-0.2, 0) is 6.42 Å². The van der Waals surface area contributed by atoms with Crippen LogP contribution in [0.2, 0.25) is 0 Å². The van der Waals surface area contributed by atoms with Crippen molar-refractivity contribution in [2.45, 2.75) is 19.8 Å². The molecule has 0 unspecified atom stereocenters. The molecule has 0 amide bonds. The van der Waals surface area contributed by atoms with Gasteiger partial charge in [0, 0.05) is 0 Å². The van der Waals surface area contributed by atoms with Crippen molar-refractivity contribution < 1.29 is 0 Å². The van der Waals surface area contributed by atoms with Crippen LogP contribution in [0.25, 0.3) is 16.8 Å². The van der Waals surface area contributed by atoms with Crippen molar-refractivity contribution in [3.8, 4) is 0 Å². The SMILES string of the molecule is C=Cc1ccc2cccc(CCC)c2c1. The van der Waals surface area contributed by atoms with Gasteiger partial charge in [0.15, 0.2) is 0 Å². The molecule has 0 fully saturated rings. The smallest absolute Gasteiger partial charge is 0.0146 e. The molecule has 0 N–H and O–H groups in total. The molecule has 0 atom stereocenters. The molecule has 0 aliphatic rings. The highest BCUT2D eigenvalue weighted by molar-refractivity contribution is 5.87. The fourth-order valence-corrected chi connectivity index (χ4v) is 1.97. The number of hydrogen-bond donors (Lipinski definition) is 0. The van der Waals surface area contributed by atoms with Crippen LogP contribution in [0.3, 0.4) is 0 Å². The molecule has 0 heteroatoms. The van der Waals surface area contributed by atoms with Gasteiger partial charge in [-0.15, -0.1) is 0 Å². The van der Waals surface area contributed by atoms with Crippen LogP contribution in [0.15, 0.2) is 43.0 Å². The third-order valence-corrected chi connectivity index (χ3v) is 2.75. The molecule has 2 aromatic carbocycles. The Balaban J connectivity index is 2.64. The zero-order valence-electron chi connectivity index (χ0n) is 9.16. The maximum atomic E-state index is 3.81. The molecule has 76 valence electrons. The molecule has 0 aliphatic carbocycles.